The summed E-state index contributed by atoms with van der Waals surface area (Å²) in [5.74, 6) is -0.888. The molecule has 0 aliphatic heterocycles. The van der Waals surface area contributed by atoms with Crippen LogP contribution in [0.5, 0.6) is 0 Å². The first-order valence-corrected chi connectivity index (χ1v) is 19.3. The number of hydrogen-bond acceptors (Lipinski definition) is 4. The summed E-state index contributed by atoms with van der Waals surface area (Å²) in [6, 6.07) is 6.74. The standard InChI is InChI=1S/C24H38O4.2C4H9.Sn/c1-3-5-7-9-11-15-19-27-23(25)21-17-13-14-18-22(21)24(26)28-20-16-12-10-8-6-4-2;2*1-3-4-2;/h13-14,17-18H,3-12,15-16,19-20H2,1-2H3;2*1,3-4H2,2H3;. The molecule has 0 saturated carbocycles. The van der Waals surface area contributed by atoms with Gasteiger partial charge in [0.2, 0.25) is 0 Å². The molecule has 1 aromatic carbocycles. The molecule has 0 heterocycles. The number of ether oxygens (including phenoxy) is 2. The van der Waals surface area contributed by atoms with E-state index in [-0.39, 0.29) is 21.1 Å². The Morgan fingerprint density at radius 2 is 0.892 bits per heavy atom. The van der Waals surface area contributed by atoms with E-state index in [1.165, 1.54) is 77.0 Å². The van der Waals surface area contributed by atoms with Crippen LogP contribution in [0.25, 0.3) is 0 Å². The van der Waals surface area contributed by atoms with Crippen molar-refractivity contribution in [2.24, 2.45) is 0 Å². The van der Waals surface area contributed by atoms with Gasteiger partial charge in [-0.1, -0.05) is 90.2 Å². The van der Waals surface area contributed by atoms with Crippen LogP contribution in [-0.2, 0) is 9.47 Å². The van der Waals surface area contributed by atoms with Crippen molar-refractivity contribution in [3.63, 3.8) is 0 Å². The quantitative estimate of drug-likeness (QED) is 0.0733. The molecule has 0 aliphatic rings. The van der Waals surface area contributed by atoms with Gasteiger partial charge in [-0.25, -0.2) is 9.59 Å². The Labute approximate surface area is 239 Å². The molecule has 4 nitrogen and oxygen atoms in total. The van der Waals surface area contributed by atoms with Crippen molar-refractivity contribution in [2.45, 2.75) is 139 Å². The second-order valence-electron chi connectivity index (χ2n) is 9.81. The first-order valence-electron chi connectivity index (χ1n) is 15.3. The second kappa shape index (κ2) is 28.0. The predicted octanol–water partition coefficient (Wildman–Crippen LogP) is 9.85. The van der Waals surface area contributed by atoms with Gasteiger partial charge in [0.25, 0.3) is 0 Å². The molecular formula is C32H56O4Sn. The first-order chi connectivity index (χ1) is 18.1. The second-order valence-corrected chi connectivity index (χ2v) is 14.1. The van der Waals surface area contributed by atoms with Crippen LogP contribution in [0, 0.1) is 0 Å². The summed E-state index contributed by atoms with van der Waals surface area (Å²) in [5.41, 5.74) is 0.586. The summed E-state index contributed by atoms with van der Waals surface area (Å²) in [5, 5.41) is 0. The minimum absolute atomic E-state index is 0.149. The molecule has 0 bridgehead atoms. The number of hydrogen-bond donors (Lipinski definition) is 0. The average Bonchev–Trinajstić information content (AvgIpc) is 2.92. The average molecular weight is 624 g/mol. The summed E-state index contributed by atoms with van der Waals surface area (Å²) in [6.45, 7) is 9.76. The van der Waals surface area contributed by atoms with Crippen LogP contribution in [0.1, 0.15) is 151 Å². The summed E-state index contributed by atoms with van der Waals surface area (Å²) >= 11 is 0.149. The van der Waals surface area contributed by atoms with Crippen LogP contribution < -0.4 is 0 Å². The van der Waals surface area contributed by atoms with Gasteiger partial charge in [-0.05, 0) is 25.0 Å². The van der Waals surface area contributed by atoms with Gasteiger partial charge >= 0.3 is 81.5 Å². The van der Waals surface area contributed by atoms with Crippen LogP contribution >= 0.6 is 0 Å². The maximum absolute atomic E-state index is 12.4. The van der Waals surface area contributed by atoms with E-state index in [2.05, 4.69) is 27.7 Å². The van der Waals surface area contributed by atoms with Crippen molar-refractivity contribution in [3.8, 4) is 0 Å². The van der Waals surface area contributed by atoms with Crippen molar-refractivity contribution in [1.29, 1.82) is 0 Å². The van der Waals surface area contributed by atoms with Gasteiger partial charge in [0.1, 0.15) is 0 Å². The maximum atomic E-state index is 12.4. The fourth-order valence-corrected chi connectivity index (χ4v) is 7.98. The molecule has 0 atom stereocenters. The van der Waals surface area contributed by atoms with E-state index in [4.69, 9.17) is 9.47 Å². The Morgan fingerprint density at radius 1 is 0.541 bits per heavy atom. The third-order valence-corrected chi connectivity index (χ3v) is 10.3. The number of esters is 2. The molecule has 0 amide bonds. The van der Waals surface area contributed by atoms with E-state index in [0.29, 0.717) is 24.3 Å². The molecule has 1 rings (SSSR count). The fraction of sp³-hybridized carbons (Fsp3) is 0.750. The van der Waals surface area contributed by atoms with E-state index >= 15 is 0 Å². The van der Waals surface area contributed by atoms with E-state index in [9.17, 15) is 9.59 Å². The molecule has 0 aromatic heterocycles. The Kier molecular flexibility index (Phi) is 27.2. The van der Waals surface area contributed by atoms with E-state index in [0.717, 1.165) is 25.7 Å². The Hall–Kier alpha value is -1.04. The molecule has 212 valence electrons. The zero-order valence-electron chi connectivity index (χ0n) is 24.6. The molecule has 1 aromatic rings. The van der Waals surface area contributed by atoms with Crippen molar-refractivity contribution < 1.29 is 19.1 Å². The summed E-state index contributed by atoms with van der Waals surface area (Å²) in [7, 11) is 0. The Bertz CT molecular complexity index is 607. The zero-order chi connectivity index (χ0) is 27.4. The molecule has 0 aliphatic carbocycles. The molecule has 2 radical (unpaired) electrons. The molecule has 0 fully saturated rings. The van der Waals surface area contributed by atoms with Crippen LogP contribution in [0.4, 0.5) is 0 Å². The van der Waals surface area contributed by atoms with Gasteiger partial charge < -0.3 is 9.47 Å². The van der Waals surface area contributed by atoms with Crippen LogP contribution in [0.15, 0.2) is 24.3 Å². The van der Waals surface area contributed by atoms with Gasteiger partial charge in [-0.15, -0.1) is 0 Å². The Balaban J connectivity index is 0.00000122. The summed E-state index contributed by atoms with van der Waals surface area (Å²) < 4.78 is 14.0. The number of unbranched alkanes of at least 4 members (excludes halogenated alkanes) is 12. The van der Waals surface area contributed by atoms with E-state index < -0.39 is 11.9 Å². The predicted molar refractivity (Wildman–Crippen MR) is 159 cm³/mol. The van der Waals surface area contributed by atoms with Crippen molar-refractivity contribution in [3.05, 3.63) is 35.4 Å². The van der Waals surface area contributed by atoms with Gasteiger partial charge in [0, 0.05) is 0 Å². The number of benzene rings is 1. The molecule has 37 heavy (non-hydrogen) atoms. The summed E-state index contributed by atoms with van der Waals surface area (Å²) in [6.07, 6.45) is 19.5. The monoisotopic (exact) mass is 624 g/mol. The van der Waals surface area contributed by atoms with Gasteiger partial charge in [-0.2, -0.15) is 0 Å². The number of carbonyl (C=O) groups excluding carboxylic acids is 2. The molecule has 5 heteroatoms. The SMILES string of the molecule is CCCCCCCCOC(=O)c1ccccc1C(=O)OCCCCCCCC.CCC[CH2][Sn][CH2]CCC. The molecule has 0 spiro atoms. The van der Waals surface area contributed by atoms with E-state index in [1.54, 1.807) is 33.1 Å². The van der Waals surface area contributed by atoms with Crippen molar-refractivity contribution in [2.75, 3.05) is 13.2 Å². The van der Waals surface area contributed by atoms with Crippen LogP contribution in [0.2, 0.25) is 8.87 Å². The van der Waals surface area contributed by atoms with Crippen molar-refractivity contribution >= 4 is 33.1 Å². The molecular weight excluding hydrogens is 567 g/mol. The van der Waals surface area contributed by atoms with Crippen LogP contribution in [0.3, 0.4) is 0 Å². The molecule has 0 unspecified atom stereocenters. The van der Waals surface area contributed by atoms with Gasteiger partial charge in [0.15, 0.2) is 0 Å². The summed E-state index contributed by atoms with van der Waals surface area (Å²) in [4.78, 5) is 24.7. The fourth-order valence-electron chi connectivity index (χ4n) is 3.82. The van der Waals surface area contributed by atoms with Gasteiger partial charge in [0.05, 0.1) is 24.3 Å². The number of carbonyl (C=O) groups is 2. The molecule has 0 N–H and O–H groups in total. The number of rotatable bonds is 22. The molecule has 0 saturated heterocycles. The zero-order valence-corrected chi connectivity index (χ0v) is 27.4. The third kappa shape index (κ3) is 21.6. The van der Waals surface area contributed by atoms with Crippen molar-refractivity contribution in [1.82, 2.24) is 0 Å². The normalized spacial score (nSPS) is 10.5. The first kappa shape index (κ1) is 36.0. The van der Waals surface area contributed by atoms with Gasteiger partial charge in [-0.3, -0.25) is 0 Å². The minimum atomic E-state index is -0.444. The topological polar surface area (TPSA) is 52.6 Å². The van der Waals surface area contributed by atoms with Crippen LogP contribution in [-0.4, -0.2) is 46.3 Å². The Morgan fingerprint density at radius 3 is 1.27 bits per heavy atom. The third-order valence-electron chi connectivity index (χ3n) is 6.24. The van der Waals surface area contributed by atoms with E-state index in [1.807, 2.05) is 0 Å².